The van der Waals surface area contributed by atoms with Crippen molar-refractivity contribution in [2.24, 2.45) is 0 Å². The summed E-state index contributed by atoms with van der Waals surface area (Å²) in [6, 6.07) is 18.8. The van der Waals surface area contributed by atoms with Crippen LogP contribution in [0.15, 0.2) is 77.7 Å². The van der Waals surface area contributed by atoms with Gasteiger partial charge in [0.05, 0.1) is 17.7 Å². The second-order valence-corrected chi connectivity index (χ2v) is 8.93. The molecule has 3 aromatic rings. The molecule has 0 fully saturated rings. The summed E-state index contributed by atoms with van der Waals surface area (Å²) < 4.78 is 47.4. The third-order valence-corrected chi connectivity index (χ3v) is 7.01. The van der Waals surface area contributed by atoms with E-state index in [2.05, 4.69) is 0 Å². The molecule has 1 aliphatic heterocycles. The van der Waals surface area contributed by atoms with Crippen LogP contribution in [-0.2, 0) is 21.2 Å². The summed E-state index contributed by atoms with van der Waals surface area (Å²) in [5.41, 5.74) is 1.59. The van der Waals surface area contributed by atoms with Gasteiger partial charge in [-0.1, -0.05) is 30.3 Å². The van der Waals surface area contributed by atoms with E-state index >= 15 is 0 Å². The molecule has 0 atom stereocenters. The number of nitrogens with zero attached hydrogens (tertiary/aromatic N) is 2. The van der Waals surface area contributed by atoms with E-state index in [-0.39, 0.29) is 10.6 Å². The van der Waals surface area contributed by atoms with Crippen molar-refractivity contribution in [2.45, 2.75) is 11.3 Å². The standard InChI is InChI=1S/C23H21FN2O4S/c1-30-18-10-12-19(13-11-18)31(28,29)26(22-9-5-3-7-20(22)24)16-23(27)25-15-14-17-6-2-4-8-21(17)25/h2-13H,14-16H2,1H3. The molecule has 0 spiro atoms. The monoisotopic (exact) mass is 440 g/mol. The number of hydrogen-bond donors (Lipinski definition) is 0. The Morgan fingerprint density at radius 3 is 2.42 bits per heavy atom. The summed E-state index contributed by atoms with van der Waals surface area (Å²) in [6.45, 7) is -0.0739. The molecule has 6 nitrogen and oxygen atoms in total. The van der Waals surface area contributed by atoms with Crippen LogP contribution < -0.4 is 13.9 Å². The molecule has 0 bridgehead atoms. The Hall–Kier alpha value is -3.39. The predicted molar refractivity (Wildman–Crippen MR) is 116 cm³/mol. The highest BCUT2D eigenvalue weighted by Gasteiger charge is 2.32. The molecule has 4 rings (SSSR count). The molecule has 0 radical (unpaired) electrons. The van der Waals surface area contributed by atoms with Gasteiger partial charge in [0.15, 0.2) is 0 Å². The third kappa shape index (κ3) is 3.98. The van der Waals surface area contributed by atoms with E-state index in [0.29, 0.717) is 18.7 Å². The molecule has 3 aromatic carbocycles. The lowest BCUT2D eigenvalue weighted by molar-refractivity contribution is -0.117. The van der Waals surface area contributed by atoms with E-state index in [4.69, 9.17) is 4.74 Å². The van der Waals surface area contributed by atoms with Gasteiger partial charge in [-0.3, -0.25) is 9.10 Å². The van der Waals surface area contributed by atoms with Gasteiger partial charge in [0.25, 0.3) is 10.0 Å². The molecule has 0 saturated carbocycles. The molecule has 0 saturated heterocycles. The van der Waals surface area contributed by atoms with Crippen molar-refractivity contribution >= 4 is 27.3 Å². The summed E-state index contributed by atoms with van der Waals surface area (Å²) in [6.07, 6.45) is 0.687. The van der Waals surface area contributed by atoms with Crippen LogP contribution in [0, 0.1) is 5.82 Å². The normalized spacial score (nSPS) is 13.0. The molecular weight excluding hydrogens is 419 g/mol. The van der Waals surface area contributed by atoms with Crippen molar-refractivity contribution in [2.75, 3.05) is 29.4 Å². The fourth-order valence-corrected chi connectivity index (χ4v) is 5.06. The van der Waals surface area contributed by atoms with Gasteiger partial charge in [0.2, 0.25) is 5.91 Å². The zero-order valence-corrected chi connectivity index (χ0v) is 17.7. The van der Waals surface area contributed by atoms with Crippen molar-refractivity contribution in [1.29, 1.82) is 0 Å². The lowest BCUT2D eigenvalue weighted by Gasteiger charge is -2.27. The second kappa shape index (κ2) is 8.39. The molecule has 1 aliphatic rings. The van der Waals surface area contributed by atoms with Gasteiger partial charge in [0.1, 0.15) is 18.1 Å². The van der Waals surface area contributed by atoms with Crippen LogP contribution >= 0.6 is 0 Å². The Balaban J connectivity index is 1.72. The van der Waals surface area contributed by atoms with Gasteiger partial charge in [-0.2, -0.15) is 0 Å². The van der Waals surface area contributed by atoms with E-state index in [9.17, 15) is 17.6 Å². The number of para-hydroxylation sites is 2. The van der Waals surface area contributed by atoms with Crippen LogP contribution in [0.5, 0.6) is 5.75 Å². The number of sulfonamides is 1. The maximum absolute atomic E-state index is 14.6. The lowest BCUT2D eigenvalue weighted by atomic mass is 10.2. The summed E-state index contributed by atoms with van der Waals surface area (Å²) >= 11 is 0. The molecule has 0 aromatic heterocycles. The summed E-state index contributed by atoms with van der Waals surface area (Å²) in [5, 5.41) is 0. The minimum Gasteiger partial charge on any atom is -0.497 e. The minimum absolute atomic E-state index is 0.0637. The Labute approximate surface area is 180 Å². The van der Waals surface area contributed by atoms with Crippen molar-refractivity contribution in [3.8, 4) is 5.75 Å². The Bertz CT molecular complexity index is 1210. The number of anilines is 2. The van der Waals surface area contributed by atoms with Crippen LogP contribution in [0.2, 0.25) is 0 Å². The maximum Gasteiger partial charge on any atom is 0.264 e. The first kappa shape index (κ1) is 20.9. The number of ether oxygens (including phenoxy) is 1. The van der Waals surface area contributed by atoms with E-state index in [1.807, 2.05) is 24.3 Å². The topological polar surface area (TPSA) is 66.9 Å². The summed E-state index contributed by atoms with van der Waals surface area (Å²) in [7, 11) is -2.74. The van der Waals surface area contributed by atoms with Gasteiger partial charge >= 0.3 is 0 Å². The average molecular weight is 440 g/mol. The molecular formula is C23H21FN2O4S. The SMILES string of the molecule is COc1ccc(S(=O)(=O)N(CC(=O)N2CCc3ccccc32)c2ccccc2F)cc1. The number of halogens is 1. The Morgan fingerprint density at radius 1 is 1.03 bits per heavy atom. The highest BCUT2D eigenvalue weighted by atomic mass is 32.2. The van der Waals surface area contributed by atoms with Gasteiger partial charge in [0, 0.05) is 12.2 Å². The van der Waals surface area contributed by atoms with E-state index in [1.165, 1.54) is 55.6 Å². The van der Waals surface area contributed by atoms with E-state index in [0.717, 1.165) is 15.6 Å². The number of amides is 1. The minimum atomic E-state index is -4.21. The Morgan fingerprint density at radius 2 is 1.71 bits per heavy atom. The quantitative estimate of drug-likeness (QED) is 0.587. The largest absolute Gasteiger partial charge is 0.497 e. The van der Waals surface area contributed by atoms with Gasteiger partial charge in [-0.15, -0.1) is 0 Å². The molecule has 160 valence electrons. The fraction of sp³-hybridized carbons (Fsp3) is 0.174. The number of rotatable bonds is 6. The molecule has 0 aliphatic carbocycles. The van der Waals surface area contributed by atoms with Crippen molar-refractivity contribution in [3.63, 3.8) is 0 Å². The first-order valence-electron chi connectivity index (χ1n) is 9.71. The van der Waals surface area contributed by atoms with Crippen LogP contribution in [-0.4, -0.2) is 34.5 Å². The number of benzene rings is 3. The molecule has 8 heteroatoms. The second-order valence-electron chi connectivity index (χ2n) is 7.06. The molecule has 1 heterocycles. The van der Waals surface area contributed by atoms with Crippen LogP contribution in [0.25, 0.3) is 0 Å². The summed E-state index contributed by atoms with van der Waals surface area (Å²) in [5.74, 6) is -0.666. The van der Waals surface area contributed by atoms with Crippen LogP contribution in [0.1, 0.15) is 5.56 Å². The average Bonchev–Trinajstić information content (AvgIpc) is 3.22. The van der Waals surface area contributed by atoms with Crippen LogP contribution in [0.4, 0.5) is 15.8 Å². The highest BCUT2D eigenvalue weighted by Crippen LogP contribution is 2.30. The van der Waals surface area contributed by atoms with Crippen molar-refractivity contribution < 1.29 is 22.3 Å². The molecule has 1 amide bonds. The van der Waals surface area contributed by atoms with Gasteiger partial charge in [-0.05, 0) is 54.4 Å². The lowest BCUT2D eigenvalue weighted by Crippen LogP contribution is -2.43. The number of carbonyl (C=O) groups excluding carboxylic acids is 1. The Kier molecular flexibility index (Phi) is 5.65. The molecule has 31 heavy (non-hydrogen) atoms. The maximum atomic E-state index is 14.6. The third-order valence-electron chi connectivity index (χ3n) is 5.24. The molecule has 0 N–H and O–H groups in total. The first-order valence-corrected chi connectivity index (χ1v) is 11.2. The number of hydrogen-bond acceptors (Lipinski definition) is 4. The number of carbonyl (C=O) groups is 1. The van der Waals surface area contributed by atoms with E-state index in [1.54, 1.807) is 4.90 Å². The zero-order valence-electron chi connectivity index (χ0n) is 16.9. The number of methoxy groups -OCH3 is 1. The summed E-state index contributed by atoms with van der Waals surface area (Å²) in [4.78, 5) is 14.6. The van der Waals surface area contributed by atoms with Crippen molar-refractivity contribution in [3.05, 3.63) is 84.2 Å². The first-order chi connectivity index (χ1) is 14.9. The van der Waals surface area contributed by atoms with Crippen molar-refractivity contribution in [1.82, 2.24) is 0 Å². The van der Waals surface area contributed by atoms with Gasteiger partial charge < -0.3 is 9.64 Å². The fourth-order valence-electron chi connectivity index (χ4n) is 3.63. The van der Waals surface area contributed by atoms with Gasteiger partial charge in [-0.25, -0.2) is 12.8 Å². The zero-order chi connectivity index (χ0) is 22.0. The smallest absolute Gasteiger partial charge is 0.264 e. The van der Waals surface area contributed by atoms with Crippen LogP contribution in [0.3, 0.4) is 0 Å². The molecule has 0 unspecified atom stereocenters. The van der Waals surface area contributed by atoms with E-state index < -0.39 is 28.3 Å². The number of fused-ring (bicyclic) bond motifs is 1. The predicted octanol–water partition coefficient (Wildman–Crippen LogP) is 3.62. The highest BCUT2D eigenvalue weighted by molar-refractivity contribution is 7.92.